The first-order chi connectivity index (χ1) is 12.2. The fraction of sp³-hybridized carbons (Fsp3) is 0.421. The molecule has 1 amide bonds. The van der Waals surface area contributed by atoms with Crippen LogP contribution in [0.5, 0.6) is 5.88 Å². The van der Waals surface area contributed by atoms with Crippen LogP contribution in [0.1, 0.15) is 19.8 Å². The van der Waals surface area contributed by atoms with Gasteiger partial charge < -0.3 is 15.4 Å². The van der Waals surface area contributed by atoms with Crippen molar-refractivity contribution in [2.45, 2.75) is 25.9 Å². The van der Waals surface area contributed by atoms with Gasteiger partial charge in [-0.05, 0) is 56.0 Å². The van der Waals surface area contributed by atoms with E-state index < -0.39 is 0 Å². The summed E-state index contributed by atoms with van der Waals surface area (Å²) in [7, 11) is 0. The lowest BCUT2D eigenvalue weighted by Gasteiger charge is -2.13. The number of hydrogen-bond donors (Lipinski definition) is 2. The second-order valence-corrected chi connectivity index (χ2v) is 6.91. The van der Waals surface area contributed by atoms with Gasteiger partial charge in [0.1, 0.15) is 6.10 Å². The highest BCUT2D eigenvalue weighted by Crippen LogP contribution is 2.36. The molecule has 1 saturated carbocycles. The summed E-state index contributed by atoms with van der Waals surface area (Å²) >= 11 is 0. The molecule has 2 aromatic rings. The fourth-order valence-electron chi connectivity index (χ4n) is 3.84. The molecule has 1 aliphatic heterocycles. The summed E-state index contributed by atoms with van der Waals surface area (Å²) in [4.78, 5) is 11.1. The van der Waals surface area contributed by atoms with E-state index in [1.54, 1.807) is 0 Å². The molecule has 2 N–H and O–H groups in total. The predicted molar refractivity (Wildman–Crippen MR) is 95.3 cm³/mol. The lowest BCUT2D eigenvalue weighted by Crippen LogP contribution is -2.19. The maximum atomic E-state index is 11.1. The van der Waals surface area contributed by atoms with E-state index in [0.29, 0.717) is 5.88 Å². The molecular formula is C19H22N4O2. The highest BCUT2D eigenvalue weighted by atomic mass is 16.5. The minimum absolute atomic E-state index is 0.0825. The zero-order valence-electron chi connectivity index (χ0n) is 14.2. The van der Waals surface area contributed by atoms with Gasteiger partial charge in [0.2, 0.25) is 11.8 Å². The summed E-state index contributed by atoms with van der Waals surface area (Å²) in [5.41, 5.74) is 2.51. The Morgan fingerprint density at radius 3 is 2.40 bits per heavy atom. The molecule has 0 spiro atoms. The lowest BCUT2D eigenvalue weighted by atomic mass is 10.0. The Morgan fingerprint density at radius 2 is 1.80 bits per heavy atom. The smallest absolute Gasteiger partial charge is 0.233 e. The SMILES string of the molecule is CC(=O)Nc1ccc(-c2ccc(OC3CC4CNCC4C3)nn2)cc1. The third kappa shape index (κ3) is 3.64. The number of carbonyl (C=O) groups is 1. The number of nitrogens with one attached hydrogen (secondary N) is 2. The van der Waals surface area contributed by atoms with Crippen LogP contribution >= 0.6 is 0 Å². The molecule has 6 nitrogen and oxygen atoms in total. The van der Waals surface area contributed by atoms with Crippen molar-refractivity contribution in [3.8, 4) is 17.1 Å². The molecule has 2 heterocycles. The first kappa shape index (κ1) is 16.0. The summed E-state index contributed by atoms with van der Waals surface area (Å²) in [5.74, 6) is 2.01. The molecule has 0 bridgehead atoms. The van der Waals surface area contributed by atoms with Crippen molar-refractivity contribution >= 4 is 11.6 Å². The molecule has 1 aromatic carbocycles. The van der Waals surface area contributed by atoms with E-state index in [9.17, 15) is 4.79 Å². The second kappa shape index (κ2) is 6.80. The van der Waals surface area contributed by atoms with E-state index in [2.05, 4.69) is 20.8 Å². The third-order valence-electron chi connectivity index (χ3n) is 5.04. The van der Waals surface area contributed by atoms with Crippen LogP contribution in [0.4, 0.5) is 5.69 Å². The Labute approximate surface area is 147 Å². The van der Waals surface area contributed by atoms with Gasteiger partial charge in [0.15, 0.2) is 0 Å². The van der Waals surface area contributed by atoms with Crippen LogP contribution in [0, 0.1) is 11.8 Å². The first-order valence-electron chi connectivity index (χ1n) is 8.76. The summed E-state index contributed by atoms with van der Waals surface area (Å²) in [6.07, 6.45) is 2.46. The molecule has 2 unspecified atom stereocenters. The van der Waals surface area contributed by atoms with E-state index >= 15 is 0 Å². The number of fused-ring (bicyclic) bond motifs is 1. The van der Waals surface area contributed by atoms with Gasteiger partial charge in [-0.3, -0.25) is 4.79 Å². The van der Waals surface area contributed by atoms with Gasteiger partial charge in [0, 0.05) is 24.2 Å². The number of amides is 1. The van der Waals surface area contributed by atoms with Crippen molar-refractivity contribution < 1.29 is 9.53 Å². The molecule has 2 fully saturated rings. The zero-order chi connectivity index (χ0) is 17.2. The number of hydrogen-bond acceptors (Lipinski definition) is 5. The normalized spacial score (nSPS) is 24.8. The third-order valence-corrected chi connectivity index (χ3v) is 5.04. The van der Waals surface area contributed by atoms with Crippen LogP contribution in [0.15, 0.2) is 36.4 Å². The van der Waals surface area contributed by atoms with Crippen LogP contribution in [-0.2, 0) is 4.79 Å². The van der Waals surface area contributed by atoms with Gasteiger partial charge in [0.25, 0.3) is 0 Å². The zero-order valence-corrected chi connectivity index (χ0v) is 14.2. The maximum absolute atomic E-state index is 11.1. The van der Waals surface area contributed by atoms with Gasteiger partial charge in [-0.2, -0.15) is 0 Å². The average molecular weight is 338 g/mol. The van der Waals surface area contributed by atoms with Crippen LogP contribution in [0.3, 0.4) is 0 Å². The Balaban J connectivity index is 1.39. The standard InChI is InChI=1S/C19H22N4O2/c1-12(24)21-16-4-2-13(3-5-16)18-6-7-19(23-22-18)25-17-8-14-10-20-11-15(14)9-17/h2-7,14-15,17,20H,8-11H2,1H3,(H,21,24). The highest BCUT2D eigenvalue weighted by molar-refractivity contribution is 5.88. The minimum Gasteiger partial charge on any atom is -0.473 e. The minimum atomic E-state index is -0.0825. The Hall–Kier alpha value is -2.47. The molecule has 2 aliphatic rings. The second-order valence-electron chi connectivity index (χ2n) is 6.91. The Bertz CT molecular complexity index is 733. The Morgan fingerprint density at radius 1 is 1.08 bits per heavy atom. The summed E-state index contributed by atoms with van der Waals surface area (Å²) < 4.78 is 6.02. The summed E-state index contributed by atoms with van der Waals surface area (Å²) in [5, 5.41) is 14.7. The number of aromatic nitrogens is 2. The van der Waals surface area contributed by atoms with E-state index in [0.717, 1.165) is 54.7 Å². The summed E-state index contributed by atoms with van der Waals surface area (Å²) in [6, 6.07) is 11.4. The van der Waals surface area contributed by atoms with E-state index in [1.165, 1.54) is 6.92 Å². The van der Waals surface area contributed by atoms with Crippen molar-refractivity contribution in [2.75, 3.05) is 18.4 Å². The Kier molecular flexibility index (Phi) is 4.36. The molecular weight excluding hydrogens is 316 g/mol. The van der Waals surface area contributed by atoms with Crippen molar-refractivity contribution in [1.29, 1.82) is 0 Å². The van der Waals surface area contributed by atoms with E-state index in [4.69, 9.17) is 4.74 Å². The fourth-order valence-corrected chi connectivity index (χ4v) is 3.84. The van der Waals surface area contributed by atoms with E-state index in [-0.39, 0.29) is 12.0 Å². The molecule has 1 aliphatic carbocycles. The van der Waals surface area contributed by atoms with Crippen molar-refractivity contribution in [1.82, 2.24) is 15.5 Å². The van der Waals surface area contributed by atoms with Gasteiger partial charge in [-0.25, -0.2) is 0 Å². The molecule has 4 rings (SSSR count). The van der Waals surface area contributed by atoms with Crippen LogP contribution in [0.2, 0.25) is 0 Å². The molecule has 25 heavy (non-hydrogen) atoms. The number of nitrogens with zero attached hydrogens (tertiary/aromatic N) is 2. The number of benzene rings is 1. The van der Waals surface area contributed by atoms with Gasteiger partial charge >= 0.3 is 0 Å². The van der Waals surface area contributed by atoms with Crippen LogP contribution < -0.4 is 15.4 Å². The predicted octanol–water partition coefficient (Wildman–Crippen LogP) is 2.48. The number of rotatable bonds is 4. The monoisotopic (exact) mass is 338 g/mol. The molecule has 6 heteroatoms. The van der Waals surface area contributed by atoms with Crippen molar-refractivity contribution in [2.24, 2.45) is 11.8 Å². The quantitative estimate of drug-likeness (QED) is 0.896. The van der Waals surface area contributed by atoms with Crippen LogP contribution in [-0.4, -0.2) is 35.3 Å². The first-order valence-corrected chi connectivity index (χ1v) is 8.76. The van der Waals surface area contributed by atoms with Crippen molar-refractivity contribution in [3.63, 3.8) is 0 Å². The maximum Gasteiger partial charge on any atom is 0.233 e. The molecule has 1 saturated heterocycles. The number of ether oxygens (including phenoxy) is 1. The highest BCUT2D eigenvalue weighted by Gasteiger charge is 2.38. The summed E-state index contributed by atoms with van der Waals surface area (Å²) in [6.45, 7) is 3.72. The van der Waals surface area contributed by atoms with Gasteiger partial charge in [-0.15, -0.1) is 10.2 Å². The van der Waals surface area contributed by atoms with Gasteiger partial charge in [0.05, 0.1) is 5.69 Å². The van der Waals surface area contributed by atoms with E-state index in [1.807, 2.05) is 36.4 Å². The average Bonchev–Trinajstić information content (AvgIpc) is 3.17. The molecule has 1 aromatic heterocycles. The van der Waals surface area contributed by atoms with Crippen molar-refractivity contribution in [3.05, 3.63) is 36.4 Å². The molecule has 130 valence electrons. The number of anilines is 1. The lowest BCUT2D eigenvalue weighted by molar-refractivity contribution is -0.114. The van der Waals surface area contributed by atoms with Gasteiger partial charge in [-0.1, -0.05) is 12.1 Å². The van der Waals surface area contributed by atoms with Crippen LogP contribution in [0.25, 0.3) is 11.3 Å². The largest absolute Gasteiger partial charge is 0.473 e. The molecule has 0 radical (unpaired) electrons. The number of carbonyl (C=O) groups excluding carboxylic acids is 1. The molecule has 2 atom stereocenters. The topological polar surface area (TPSA) is 76.1 Å².